The Hall–Kier alpha value is -1.22. The lowest BCUT2D eigenvalue weighted by Crippen LogP contribution is -2.03. The van der Waals surface area contributed by atoms with Crippen molar-refractivity contribution in [2.24, 2.45) is 10.7 Å². The Kier molecular flexibility index (Phi) is 4.92. The van der Waals surface area contributed by atoms with Crippen molar-refractivity contribution >= 4 is 23.9 Å². The predicted molar refractivity (Wildman–Crippen MR) is 57.2 cm³/mol. The second-order valence-electron chi connectivity index (χ2n) is 2.45. The van der Waals surface area contributed by atoms with Crippen LogP contribution in [0.4, 0.5) is 5.69 Å². The molecule has 0 saturated carbocycles. The topological polar surface area (TPSA) is 47.6 Å². The number of halogens is 1. The van der Waals surface area contributed by atoms with Gasteiger partial charge in [0.15, 0.2) is 0 Å². The summed E-state index contributed by atoms with van der Waals surface area (Å²) < 4.78 is 4.99. The number of benzene rings is 1. The fourth-order valence-electron chi connectivity index (χ4n) is 0.860. The van der Waals surface area contributed by atoms with Crippen molar-refractivity contribution in [3.05, 3.63) is 24.3 Å². The first-order chi connectivity index (χ1) is 5.72. The third kappa shape index (κ3) is 3.80. The van der Waals surface area contributed by atoms with Crippen LogP contribution in [0.5, 0.6) is 5.75 Å². The Morgan fingerprint density at radius 2 is 1.85 bits per heavy atom. The first kappa shape index (κ1) is 11.8. The summed E-state index contributed by atoms with van der Waals surface area (Å²) in [4.78, 5) is 4.07. The van der Waals surface area contributed by atoms with Gasteiger partial charge < -0.3 is 10.5 Å². The molecule has 0 aromatic heterocycles. The van der Waals surface area contributed by atoms with Gasteiger partial charge in [0, 0.05) is 0 Å². The summed E-state index contributed by atoms with van der Waals surface area (Å²) in [6.07, 6.45) is 0. The molecule has 0 radical (unpaired) electrons. The Morgan fingerprint density at radius 3 is 2.23 bits per heavy atom. The number of methoxy groups -OCH3 is 1. The average Bonchev–Trinajstić information content (AvgIpc) is 2.05. The van der Waals surface area contributed by atoms with Gasteiger partial charge in [-0.25, -0.2) is 4.99 Å². The molecule has 0 atom stereocenters. The second-order valence-corrected chi connectivity index (χ2v) is 2.45. The van der Waals surface area contributed by atoms with Crippen LogP contribution in [0.2, 0.25) is 0 Å². The van der Waals surface area contributed by atoms with Crippen molar-refractivity contribution in [3.63, 3.8) is 0 Å². The van der Waals surface area contributed by atoms with Crippen LogP contribution in [0.15, 0.2) is 29.3 Å². The van der Waals surface area contributed by atoms with Crippen LogP contribution in [0.25, 0.3) is 0 Å². The Bertz CT molecular complexity index is 278. The monoisotopic (exact) mass is 200 g/mol. The van der Waals surface area contributed by atoms with Gasteiger partial charge in [0.1, 0.15) is 5.75 Å². The summed E-state index contributed by atoms with van der Waals surface area (Å²) in [7, 11) is 1.63. The van der Waals surface area contributed by atoms with Gasteiger partial charge in [0.05, 0.1) is 18.6 Å². The van der Waals surface area contributed by atoms with Crippen LogP contribution in [0, 0.1) is 0 Å². The molecular weight excluding hydrogens is 188 g/mol. The van der Waals surface area contributed by atoms with E-state index in [1.807, 2.05) is 24.3 Å². The fourth-order valence-corrected chi connectivity index (χ4v) is 0.860. The van der Waals surface area contributed by atoms with Crippen LogP contribution in [0.3, 0.4) is 0 Å². The maximum Gasteiger partial charge on any atom is 0.119 e. The van der Waals surface area contributed by atoms with Crippen molar-refractivity contribution in [1.82, 2.24) is 0 Å². The van der Waals surface area contributed by atoms with Gasteiger partial charge in [-0.3, -0.25) is 0 Å². The van der Waals surface area contributed by atoms with Gasteiger partial charge in [0.25, 0.3) is 0 Å². The molecule has 1 rings (SSSR count). The molecule has 0 aliphatic carbocycles. The van der Waals surface area contributed by atoms with E-state index in [9.17, 15) is 0 Å². The van der Waals surface area contributed by atoms with Crippen molar-refractivity contribution in [3.8, 4) is 5.75 Å². The molecule has 0 unspecified atom stereocenters. The molecule has 0 saturated heterocycles. The number of hydrogen-bond donors (Lipinski definition) is 1. The molecule has 72 valence electrons. The fraction of sp³-hybridized carbons (Fsp3) is 0.222. The molecule has 0 fully saturated rings. The minimum atomic E-state index is 0. The highest BCUT2D eigenvalue weighted by molar-refractivity contribution is 5.85. The van der Waals surface area contributed by atoms with E-state index >= 15 is 0 Å². The Labute approximate surface area is 84.0 Å². The maximum atomic E-state index is 5.41. The molecule has 4 heteroatoms. The maximum absolute atomic E-state index is 5.41. The highest BCUT2D eigenvalue weighted by Crippen LogP contribution is 2.17. The van der Waals surface area contributed by atoms with E-state index in [4.69, 9.17) is 10.5 Å². The molecule has 0 amide bonds. The van der Waals surface area contributed by atoms with Crippen molar-refractivity contribution < 1.29 is 4.74 Å². The minimum absolute atomic E-state index is 0. The van der Waals surface area contributed by atoms with Crippen LogP contribution >= 0.6 is 12.4 Å². The standard InChI is InChI=1S/C9H12N2O.ClH/c1-7(10)11-8-3-5-9(12-2)6-4-8;/h3-6H,1-2H3,(H2,10,11);1H. The zero-order valence-electron chi connectivity index (χ0n) is 7.65. The highest BCUT2D eigenvalue weighted by atomic mass is 35.5. The summed E-state index contributed by atoms with van der Waals surface area (Å²) in [5.41, 5.74) is 6.26. The molecule has 2 N–H and O–H groups in total. The molecule has 0 spiro atoms. The van der Waals surface area contributed by atoms with Crippen LogP contribution in [0.1, 0.15) is 6.92 Å². The minimum Gasteiger partial charge on any atom is -0.497 e. The first-order valence-electron chi connectivity index (χ1n) is 3.67. The van der Waals surface area contributed by atoms with E-state index in [2.05, 4.69) is 4.99 Å². The molecule has 0 heterocycles. The van der Waals surface area contributed by atoms with Crippen molar-refractivity contribution in [1.29, 1.82) is 0 Å². The summed E-state index contributed by atoms with van der Waals surface area (Å²) >= 11 is 0. The summed E-state index contributed by atoms with van der Waals surface area (Å²) in [6, 6.07) is 7.41. The van der Waals surface area contributed by atoms with Crippen LogP contribution in [-0.2, 0) is 0 Å². The zero-order chi connectivity index (χ0) is 8.97. The van der Waals surface area contributed by atoms with E-state index in [1.165, 1.54) is 0 Å². The lowest BCUT2D eigenvalue weighted by molar-refractivity contribution is 0.415. The van der Waals surface area contributed by atoms with Gasteiger partial charge in [0.2, 0.25) is 0 Å². The predicted octanol–water partition coefficient (Wildman–Crippen LogP) is 2.13. The molecule has 3 nitrogen and oxygen atoms in total. The smallest absolute Gasteiger partial charge is 0.119 e. The van der Waals surface area contributed by atoms with Gasteiger partial charge in [-0.2, -0.15) is 0 Å². The van der Waals surface area contributed by atoms with E-state index in [0.29, 0.717) is 5.84 Å². The van der Waals surface area contributed by atoms with Gasteiger partial charge in [-0.05, 0) is 31.2 Å². The molecule has 0 aliphatic heterocycles. The van der Waals surface area contributed by atoms with E-state index in [0.717, 1.165) is 11.4 Å². The third-order valence-electron chi connectivity index (χ3n) is 1.38. The molecule has 0 aliphatic rings. The van der Waals surface area contributed by atoms with Gasteiger partial charge in [-0.1, -0.05) is 0 Å². The number of ether oxygens (including phenoxy) is 1. The highest BCUT2D eigenvalue weighted by Gasteiger charge is 1.90. The number of rotatable bonds is 2. The largest absolute Gasteiger partial charge is 0.497 e. The SMILES string of the molecule is COc1ccc(N=C(C)N)cc1.Cl. The lowest BCUT2D eigenvalue weighted by Gasteiger charge is -1.98. The molecule has 1 aromatic carbocycles. The van der Waals surface area contributed by atoms with Gasteiger partial charge >= 0.3 is 0 Å². The number of nitrogens with two attached hydrogens (primary N) is 1. The Balaban J connectivity index is 0.00000144. The lowest BCUT2D eigenvalue weighted by atomic mass is 10.3. The molecule has 1 aromatic rings. The second kappa shape index (κ2) is 5.43. The van der Waals surface area contributed by atoms with Crippen molar-refractivity contribution in [2.75, 3.05) is 7.11 Å². The van der Waals surface area contributed by atoms with E-state index < -0.39 is 0 Å². The molecular formula is C9H13ClN2O. The normalized spacial score (nSPS) is 10.5. The quantitative estimate of drug-likeness (QED) is 0.587. The van der Waals surface area contributed by atoms with E-state index in [1.54, 1.807) is 14.0 Å². The zero-order valence-corrected chi connectivity index (χ0v) is 8.47. The van der Waals surface area contributed by atoms with Gasteiger partial charge in [-0.15, -0.1) is 12.4 Å². The van der Waals surface area contributed by atoms with Crippen LogP contribution < -0.4 is 10.5 Å². The number of hydrogen-bond acceptors (Lipinski definition) is 2. The summed E-state index contributed by atoms with van der Waals surface area (Å²) in [5.74, 6) is 1.38. The summed E-state index contributed by atoms with van der Waals surface area (Å²) in [5, 5.41) is 0. The van der Waals surface area contributed by atoms with E-state index in [-0.39, 0.29) is 12.4 Å². The third-order valence-corrected chi connectivity index (χ3v) is 1.38. The summed E-state index contributed by atoms with van der Waals surface area (Å²) in [6.45, 7) is 1.75. The number of nitrogens with zero attached hydrogens (tertiary/aromatic N) is 1. The number of amidine groups is 1. The molecule has 13 heavy (non-hydrogen) atoms. The number of aliphatic imine (C=N–C) groups is 1. The van der Waals surface area contributed by atoms with Crippen LogP contribution in [-0.4, -0.2) is 12.9 Å². The van der Waals surface area contributed by atoms with Crippen molar-refractivity contribution in [2.45, 2.75) is 6.92 Å². The Morgan fingerprint density at radius 1 is 1.31 bits per heavy atom. The average molecular weight is 201 g/mol. The molecule has 0 bridgehead atoms. The first-order valence-corrected chi connectivity index (χ1v) is 3.67.